The maximum absolute atomic E-state index is 13.5. The number of anilines is 1. The van der Waals surface area contributed by atoms with Crippen molar-refractivity contribution >= 4 is 42.6 Å². The van der Waals surface area contributed by atoms with Crippen molar-refractivity contribution in [3.8, 4) is 0 Å². The quantitative estimate of drug-likeness (QED) is 0.497. The summed E-state index contributed by atoms with van der Waals surface area (Å²) in [4.78, 5) is 22.2. The van der Waals surface area contributed by atoms with E-state index in [1.807, 2.05) is 27.1 Å². The molecule has 1 aromatic heterocycles. The topological polar surface area (TPSA) is 73.8 Å². The van der Waals surface area contributed by atoms with E-state index < -0.39 is 10.0 Å². The Hall–Kier alpha value is -2.33. The first-order valence-corrected chi connectivity index (χ1v) is 12.6. The molecule has 7 nitrogen and oxygen atoms in total. The van der Waals surface area contributed by atoms with Crippen LogP contribution in [-0.4, -0.2) is 69.8 Å². The first-order chi connectivity index (χ1) is 15.0. The van der Waals surface area contributed by atoms with E-state index in [9.17, 15) is 13.2 Å². The normalized spacial score (nSPS) is 12.1. The van der Waals surface area contributed by atoms with Crippen molar-refractivity contribution in [2.24, 2.45) is 0 Å². The molecule has 3 aromatic rings. The summed E-state index contributed by atoms with van der Waals surface area (Å²) in [7, 11) is 3.42. The third-order valence-electron chi connectivity index (χ3n) is 5.15. The molecule has 0 N–H and O–H groups in total. The van der Waals surface area contributed by atoms with Gasteiger partial charge in [0, 0.05) is 26.2 Å². The van der Waals surface area contributed by atoms with E-state index in [2.05, 4.69) is 17.9 Å². The number of rotatable bonds is 8. The van der Waals surface area contributed by atoms with Crippen LogP contribution in [0.5, 0.6) is 0 Å². The largest absolute Gasteiger partial charge is 0.309 e. The van der Waals surface area contributed by atoms with Gasteiger partial charge in [-0.1, -0.05) is 17.4 Å². The van der Waals surface area contributed by atoms with Crippen LogP contribution in [-0.2, 0) is 10.0 Å². The highest BCUT2D eigenvalue weighted by molar-refractivity contribution is 7.89. The Labute approximate surface area is 194 Å². The van der Waals surface area contributed by atoms with Crippen LogP contribution in [0.15, 0.2) is 41.3 Å². The summed E-state index contributed by atoms with van der Waals surface area (Å²) in [6, 6.07) is 10.2. The average molecular weight is 475 g/mol. The fraction of sp³-hybridized carbons (Fsp3) is 0.391. The molecule has 9 heteroatoms. The zero-order chi connectivity index (χ0) is 23.6. The van der Waals surface area contributed by atoms with Crippen LogP contribution in [0, 0.1) is 13.8 Å². The standard InChI is InChI=1S/C23H30N4O3S2/c1-16-14-17(2)21-20(15-16)24-23(31-21)27(13-7-12-25(3)4)22(28)18-8-10-19(11-9-18)32(29,30)26(5)6/h8-11,14-15H,7,12-13H2,1-6H3. The molecule has 0 unspecified atom stereocenters. The van der Waals surface area contributed by atoms with Gasteiger partial charge in [-0.15, -0.1) is 0 Å². The maximum atomic E-state index is 13.5. The van der Waals surface area contributed by atoms with E-state index in [1.54, 1.807) is 17.0 Å². The predicted molar refractivity (Wildman–Crippen MR) is 131 cm³/mol. The molecule has 0 aliphatic heterocycles. The minimum Gasteiger partial charge on any atom is -0.309 e. The maximum Gasteiger partial charge on any atom is 0.260 e. The van der Waals surface area contributed by atoms with Gasteiger partial charge in [-0.2, -0.15) is 0 Å². The molecule has 1 amide bonds. The van der Waals surface area contributed by atoms with Gasteiger partial charge in [-0.05, 0) is 82.4 Å². The Kier molecular flexibility index (Phi) is 7.34. The molecule has 0 spiro atoms. The van der Waals surface area contributed by atoms with Gasteiger partial charge in [-0.25, -0.2) is 17.7 Å². The number of benzene rings is 2. The van der Waals surface area contributed by atoms with Crippen molar-refractivity contribution in [2.45, 2.75) is 25.2 Å². The fourth-order valence-corrected chi connectivity index (χ4v) is 5.39. The molecular weight excluding hydrogens is 444 g/mol. The molecule has 0 saturated heterocycles. The number of carbonyl (C=O) groups excluding carboxylic acids is 1. The summed E-state index contributed by atoms with van der Waals surface area (Å²) in [5.41, 5.74) is 3.60. The highest BCUT2D eigenvalue weighted by Crippen LogP contribution is 2.33. The van der Waals surface area contributed by atoms with Crippen LogP contribution in [0.2, 0.25) is 0 Å². The fourth-order valence-electron chi connectivity index (χ4n) is 3.45. The summed E-state index contributed by atoms with van der Waals surface area (Å²) in [5, 5.41) is 0.655. The molecule has 0 radical (unpaired) electrons. The number of nitrogens with zero attached hydrogens (tertiary/aromatic N) is 4. The van der Waals surface area contributed by atoms with E-state index >= 15 is 0 Å². The predicted octanol–water partition coefficient (Wildman–Crippen LogP) is 3.76. The molecule has 32 heavy (non-hydrogen) atoms. The SMILES string of the molecule is Cc1cc(C)c2sc(N(CCCN(C)C)C(=O)c3ccc(S(=O)(=O)N(C)C)cc3)nc2c1. The zero-order valence-electron chi connectivity index (χ0n) is 19.4. The molecule has 3 rings (SSSR count). The first-order valence-electron chi connectivity index (χ1n) is 10.4. The summed E-state index contributed by atoms with van der Waals surface area (Å²) in [6.45, 7) is 5.45. The van der Waals surface area contributed by atoms with Crippen LogP contribution in [0.25, 0.3) is 10.2 Å². The average Bonchev–Trinajstić information content (AvgIpc) is 3.14. The Bertz CT molecular complexity index is 1220. The van der Waals surface area contributed by atoms with Crippen molar-refractivity contribution in [1.82, 2.24) is 14.2 Å². The molecule has 0 bridgehead atoms. The number of sulfonamides is 1. The van der Waals surface area contributed by atoms with Crippen LogP contribution in [0.1, 0.15) is 27.9 Å². The van der Waals surface area contributed by atoms with Gasteiger partial charge in [0.05, 0.1) is 15.1 Å². The van der Waals surface area contributed by atoms with E-state index in [-0.39, 0.29) is 10.8 Å². The van der Waals surface area contributed by atoms with Crippen molar-refractivity contribution < 1.29 is 13.2 Å². The van der Waals surface area contributed by atoms with Crippen molar-refractivity contribution in [1.29, 1.82) is 0 Å². The minimum atomic E-state index is -3.55. The number of amides is 1. The molecule has 0 fully saturated rings. The number of hydrogen-bond donors (Lipinski definition) is 0. The third kappa shape index (κ3) is 5.17. The zero-order valence-corrected chi connectivity index (χ0v) is 21.0. The van der Waals surface area contributed by atoms with Gasteiger partial charge in [-0.3, -0.25) is 9.69 Å². The number of aromatic nitrogens is 1. The smallest absolute Gasteiger partial charge is 0.260 e. The van der Waals surface area contributed by atoms with Crippen molar-refractivity contribution in [3.63, 3.8) is 0 Å². The molecule has 2 aromatic carbocycles. The Morgan fingerprint density at radius 1 is 1.00 bits per heavy atom. The summed E-state index contributed by atoms with van der Waals surface area (Å²) in [5.74, 6) is -0.189. The van der Waals surface area contributed by atoms with Crippen LogP contribution in [0.4, 0.5) is 5.13 Å². The number of hydrogen-bond acceptors (Lipinski definition) is 6. The highest BCUT2D eigenvalue weighted by Gasteiger charge is 2.23. The number of aryl methyl sites for hydroxylation is 2. The van der Waals surface area contributed by atoms with Gasteiger partial charge < -0.3 is 4.90 Å². The lowest BCUT2D eigenvalue weighted by Gasteiger charge is -2.21. The Morgan fingerprint density at radius 2 is 1.66 bits per heavy atom. The number of thiazole rings is 1. The second-order valence-corrected chi connectivity index (χ2v) is 11.5. The molecular formula is C23H30N4O3S2. The Morgan fingerprint density at radius 3 is 2.25 bits per heavy atom. The lowest BCUT2D eigenvalue weighted by atomic mass is 10.1. The monoisotopic (exact) mass is 474 g/mol. The van der Waals surface area contributed by atoms with E-state index in [1.165, 1.54) is 37.6 Å². The van der Waals surface area contributed by atoms with Gasteiger partial charge in [0.15, 0.2) is 5.13 Å². The molecule has 1 heterocycles. The van der Waals surface area contributed by atoms with Gasteiger partial charge in [0.1, 0.15) is 0 Å². The number of fused-ring (bicyclic) bond motifs is 1. The van der Waals surface area contributed by atoms with Crippen molar-refractivity contribution in [3.05, 3.63) is 53.1 Å². The second-order valence-electron chi connectivity index (χ2n) is 8.35. The van der Waals surface area contributed by atoms with E-state index in [4.69, 9.17) is 4.98 Å². The van der Waals surface area contributed by atoms with Crippen LogP contribution in [0.3, 0.4) is 0 Å². The minimum absolute atomic E-state index is 0.157. The van der Waals surface area contributed by atoms with Gasteiger partial charge in [0.25, 0.3) is 5.91 Å². The van der Waals surface area contributed by atoms with Crippen LogP contribution < -0.4 is 4.90 Å². The van der Waals surface area contributed by atoms with E-state index in [0.29, 0.717) is 17.2 Å². The lowest BCUT2D eigenvalue weighted by molar-refractivity contribution is 0.0986. The molecule has 0 saturated carbocycles. The molecule has 0 aliphatic rings. The number of carbonyl (C=O) groups is 1. The molecule has 0 aliphatic carbocycles. The van der Waals surface area contributed by atoms with Gasteiger partial charge >= 0.3 is 0 Å². The second kappa shape index (κ2) is 9.66. The summed E-state index contributed by atoms with van der Waals surface area (Å²) >= 11 is 1.51. The molecule has 172 valence electrons. The van der Waals surface area contributed by atoms with E-state index in [0.717, 1.165) is 38.6 Å². The first kappa shape index (κ1) is 24.3. The summed E-state index contributed by atoms with van der Waals surface area (Å²) in [6.07, 6.45) is 0.791. The lowest BCUT2D eigenvalue weighted by Crippen LogP contribution is -2.33. The highest BCUT2D eigenvalue weighted by atomic mass is 32.2. The van der Waals surface area contributed by atoms with Gasteiger partial charge in [0.2, 0.25) is 10.0 Å². The summed E-state index contributed by atoms with van der Waals surface area (Å²) < 4.78 is 26.9. The van der Waals surface area contributed by atoms with Crippen LogP contribution >= 0.6 is 11.3 Å². The Balaban J connectivity index is 1.97. The van der Waals surface area contributed by atoms with Crippen molar-refractivity contribution in [2.75, 3.05) is 46.2 Å². The molecule has 0 atom stereocenters. The third-order valence-corrected chi connectivity index (χ3v) is 8.21.